The molecular weight excluding hydrogens is 194 g/mol. The number of rotatable bonds is 5. The van der Waals surface area contributed by atoms with E-state index < -0.39 is 0 Å². The van der Waals surface area contributed by atoms with Crippen molar-refractivity contribution in [2.24, 2.45) is 5.92 Å². The molecule has 1 heteroatoms. The van der Waals surface area contributed by atoms with Gasteiger partial charge in [0.2, 0.25) is 0 Å². The Bertz CT molecular complexity index is 343. The van der Waals surface area contributed by atoms with Crippen LogP contribution in [0.15, 0.2) is 24.3 Å². The fourth-order valence-electron chi connectivity index (χ4n) is 1.87. The minimum Gasteiger partial charge on any atom is -0.299 e. The number of aryl methyl sites for hydroxylation is 1. The maximum Gasteiger partial charge on any atom is 0.0578 e. The van der Waals surface area contributed by atoms with Gasteiger partial charge < -0.3 is 0 Å². The molecule has 0 aliphatic rings. The van der Waals surface area contributed by atoms with Gasteiger partial charge in [-0.1, -0.05) is 51.0 Å². The molecule has 86 valence electrons. The van der Waals surface area contributed by atoms with Gasteiger partial charge in [-0.25, -0.2) is 0 Å². The Morgan fingerprint density at radius 1 is 1.25 bits per heavy atom. The van der Waals surface area contributed by atoms with Crippen LogP contribution in [0, 0.1) is 18.3 Å². The predicted molar refractivity (Wildman–Crippen MR) is 70.2 cm³/mol. The highest BCUT2D eigenvalue weighted by Crippen LogP contribution is 2.21. The van der Waals surface area contributed by atoms with Gasteiger partial charge in [0.25, 0.3) is 0 Å². The van der Waals surface area contributed by atoms with Gasteiger partial charge in [-0.3, -0.25) is 5.32 Å². The maximum atomic E-state index is 5.29. The first kappa shape index (κ1) is 12.8. The van der Waals surface area contributed by atoms with E-state index in [1.54, 1.807) is 0 Å². The molecule has 0 aliphatic heterocycles. The Morgan fingerprint density at radius 3 is 2.31 bits per heavy atom. The number of benzene rings is 1. The summed E-state index contributed by atoms with van der Waals surface area (Å²) < 4.78 is 0. The fraction of sp³-hybridized carbons (Fsp3) is 0.467. The lowest BCUT2D eigenvalue weighted by Gasteiger charge is -2.22. The normalized spacial score (nSPS) is 12.4. The monoisotopic (exact) mass is 215 g/mol. The van der Waals surface area contributed by atoms with Gasteiger partial charge in [0.05, 0.1) is 6.54 Å². The van der Waals surface area contributed by atoms with Crippen molar-refractivity contribution in [2.75, 3.05) is 6.54 Å². The van der Waals surface area contributed by atoms with Crippen LogP contribution < -0.4 is 5.32 Å². The van der Waals surface area contributed by atoms with Crippen LogP contribution in [-0.4, -0.2) is 6.54 Å². The summed E-state index contributed by atoms with van der Waals surface area (Å²) in [6, 6.07) is 9.15. The maximum absolute atomic E-state index is 5.29. The van der Waals surface area contributed by atoms with Crippen LogP contribution in [0.25, 0.3) is 0 Å². The van der Waals surface area contributed by atoms with Crippen molar-refractivity contribution < 1.29 is 0 Å². The first-order valence-electron chi connectivity index (χ1n) is 5.94. The average Bonchev–Trinajstić information content (AvgIpc) is 2.30. The Kier molecular flexibility index (Phi) is 5.08. The van der Waals surface area contributed by atoms with Crippen LogP contribution >= 0.6 is 0 Å². The van der Waals surface area contributed by atoms with E-state index in [-0.39, 0.29) is 0 Å². The molecule has 1 aromatic carbocycles. The summed E-state index contributed by atoms with van der Waals surface area (Å²) in [5.74, 6) is 3.18. The average molecular weight is 215 g/mol. The van der Waals surface area contributed by atoms with Crippen molar-refractivity contribution in [1.29, 1.82) is 0 Å². The highest BCUT2D eigenvalue weighted by Gasteiger charge is 2.14. The van der Waals surface area contributed by atoms with Crippen molar-refractivity contribution in [3.63, 3.8) is 0 Å². The Hall–Kier alpha value is -1.26. The first-order chi connectivity index (χ1) is 7.69. The van der Waals surface area contributed by atoms with Crippen LogP contribution in [-0.2, 0) is 6.42 Å². The van der Waals surface area contributed by atoms with Crippen molar-refractivity contribution in [3.05, 3.63) is 35.4 Å². The molecule has 1 aromatic rings. The number of terminal acetylenes is 1. The molecule has 0 aliphatic carbocycles. The second kappa shape index (κ2) is 6.35. The molecule has 1 N–H and O–H groups in total. The topological polar surface area (TPSA) is 12.0 Å². The summed E-state index contributed by atoms with van der Waals surface area (Å²) in [6.07, 6.45) is 6.38. The second-order valence-corrected chi connectivity index (χ2v) is 4.40. The van der Waals surface area contributed by atoms with Gasteiger partial charge >= 0.3 is 0 Å². The van der Waals surface area contributed by atoms with Crippen LogP contribution in [0.2, 0.25) is 0 Å². The van der Waals surface area contributed by atoms with Crippen LogP contribution in [0.5, 0.6) is 0 Å². The number of hydrogen-bond donors (Lipinski definition) is 1. The third-order valence-electron chi connectivity index (χ3n) is 2.84. The Labute approximate surface area is 99.3 Å². The predicted octanol–water partition coefficient (Wildman–Crippen LogP) is 3.17. The summed E-state index contributed by atoms with van der Waals surface area (Å²) in [7, 11) is 0. The third-order valence-corrected chi connectivity index (χ3v) is 2.84. The van der Waals surface area contributed by atoms with Gasteiger partial charge in [0.15, 0.2) is 0 Å². The molecule has 0 bridgehead atoms. The molecule has 0 fully saturated rings. The Balaban J connectivity index is 2.80. The van der Waals surface area contributed by atoms with Crippen LogP contribution in [0.1, 0.15) is 37.9 Å². The van der Waals surface area contributed by atoms with Crippen molar-refractivity contribution in [2.45, 2.75) is 33.2 Å². The molecule has 1 rings (SSSR count). The van der Waals surface area contributed by atoms with E-state index in [9.17, 15) is 0 Å². The molecule has 16 heavy (non-hydrogen) atoms. The molecule has 0 radical (unpaired) electrons. The molecule has 1 unspecified atom stereocenters. The highest BCUT2D eigenvalue weighted by molar-refractivity contribution is 5.25. The van der Waals surface area contributed by atoms with Crippen molar-refractivity contribution in [3.8, 4) is 12.3 Å². The van der Waals surface area contributed by atoms with Crippen molar-refractivity contribution >= 4 is 0 Å². The number of nitrogens with one attached hydrogen (secondary N) is 1. The van der Waals surface area contributed by atoms with Gasteiger partial charge in [-0.05, 0) is 23.5 Å². The van der Waals surface area contributed by atoms with Crippen LogP contribution in [0.4, 0.5) is 0 Å². The van der Waals surface area contributed by atoms with E-state index in [0.717, 1.165) is 6.42 Å². The summed E-state index contributed by atoms with van der Waals surface area (Å²) in [5, 5.41) is 3.39. The van der Waals surface area contributed by atoms with Crippen LogP contribution in [0.3, 0.4) is 0 Å². The summed E-state index contributed by atoms with van der Waals surface area (Å²) in [4.78, 5) is 0. The zero-order chi connectivity index (χ0) is 12.0. The molecule has 0 aromatic heterocycles. The first-order valence-corrected chi connectivity index (χ1v) is 5.94. The smallest absolute Gasteiger partial charge is 0.0578 e. The lowest BCUT2D eigenvalue weighted by molar-refractivity contribution is 0.431. The van der Waals surface area contributed by atoms with E-state index in [0.29, 0.717) is 18.5 Å². The fourth-order valence-corrected chi connectivity index (χ4v) is 1.87. The molecular formula is C15H21N. The molecule has 0 spiro atoms. The van der Waals surface area contributed by atoms with E-state index in [2.05, 4.69) is 56.3 Å². The van der Waals surface area contributed by atoms with Gasteiger partial charge in [0, 0.05) is 6.04 Å². The van der Waals surface area contributed by atoms with Gasteiger partial charge in [-0.2, -0.15) is 0 Å². The SMILES string of the molecule is C#CCNC(c1ccc(CC)cc1)C(C)C. The standard InChI is InChI=1S/C15H21N/c1-5-11-16-15(12(3)4)14-9-7-13(6-2)8-10-14/h1,7-10,12,15-16H,6,11H2,2-4H3. The summed E-state index contributed by atoms with van der Waals surface area (Å²) in [6.45, 7) is 7.22. The number of hydrogen-bond acceptors (Lipinski definition) is 1. The quantitative estimate of drug-likeness (QED) is 0.744. The van der Waals surface area contributed by atoms with E-state index in [1.807, 2.05) is 0 Å². The zero-order valence-electron chi connectivity index (χ0n) is 10.5. The van der Waals surface area contributed by atoms with Crippen molar-refractivity contribution in [1.82, 2.24) is 5.32 Å². The third kappa shape index (κ3) is 3.40. The van der Waals surface area contributed by atoms with Gasteiger partial charge in [-0.15, -0.1) is 6.42 Å². The lowest BCUT2D eigenvalue weighted by atomic mass is 9.95. The summed E-state index contributed by atoms with van der Waals surface area (Å²) in [5.41, 5.74) is 2.70. The highest BCUT2D eigenvalue weighted by atomic mass is 14.9. The van der Waals surface area contributed by atoms with E-state index in [1.165, 1.54) is 11.1 Å². The zero-order valence-corrected chi connectivity index (χ0v) is 10.5. The molecule has 1 nitrogen and oxygen atoms in total. The largest absolute Gasteiger partial charge is 0.299 e. The van der Waals surface area contributed by atoms with E-state index in [4.69, 9.17) is 6.42 Å². The second-order valence-electron chi connectivity index (χ2n) is 4.40. The molecule has 0 saturated heterocycles. The molecule has 0 saturated carbocycles. The lowest BCUT2D eigenvalue weighted by Crippen LogP contribution is -2.26. The molecule has 1 atom stereocenters. The van der Waals surface area contributed by atoms with E-state index >= 15 is 0 Å². The van der Waals surface area contributed by atoms with Gasteiger partial charge in [0.1, 0.15) is 0 Å². The Morgan fingerprint density at radius 2 is 1.88 bits per heavy atom. The minimum atomic E-state index is 0.349. The summed E-state index contributed by atoms with van der Waals surface area (Å²) >= 11 is 0. The molecule has 0 heterocycles. The molecule has 0 amide bonds. The minimum absolute atomic E-state index is 0.349.